The van der Waals surface area contributed by atoms with Gasteiger partial charge in [-0.1, -0.05) is 67.2 Å². The maximum Gasteiger partial charge on any atom is 0.256 e. The number of ether oxygens (including phenoxy) is 3. The van der Waals surface area contributed by atoms with Crippen molar-refractivity contribution in [1.82, 2.24) is 15.1 Å². The minimum Gasteiger partial charge on any atom is -0.488 e. The Morgan fingerprint density at radius 2 is 1.50 bits per heavy atom. The van der Waals surface area contributed by atoms with Crippen molar-refractivity contribution in [2.45, 2.75) is 26.6 Å². The second-order valence-corrected chi connectivity index (χ2v) is 9.76. The summed E-state index contributed by atoms with van der Waals surface area (Å²) in [4.78, 5) is 30.2. The molecule has 8 nitrogen and oxygen atoms in total. The zero-order chi connectivity index (χ0) is 28.3. The number of likely N-dealkylation sites (N-methyl/N-ethyl adjacent to an activating group) is 1. The fourth-order valence-corrected chi connectivity index (χ4v) is 4.18. The summed E-state index contributed by atoms with van der Waals surface area (Å²) in [6.07, 6.45) is 0.0379. The number of carbonyl (C=O) groups is 2. The average molecular weight is 544 g/mol. The van der Waals surface area contributed by atoms with Gasteiger partial charge in [0.25, 0.3) is 5.91 Å². The average Bonchev–Trinajstić information content (AvgIpc) is 2.99. The van der Waals surface area contributed by atoms with E-state index in [1.54, 1.807) is 26.1 Å². The lowest BCUT2D eigenvalue weighted by molar-refractivity contribution is -0.127. The van der Waals surface area contributed by atoms with Gasteiger partial charge in [-0.2, -0.15) is 0 Å². The van der Waals surface area contributed by atoms with Crippen LogP contribution in [0.4, 0.5) is 0 Å². The summed E-state index contributed by atoms with van der Waals surface area (Å²) in [6.45, 7) is 9.38. The molecular weight excluding hydrogens is 506 g/mol. The third-order valence-electron chi connectivity index (χ3n) is 6.74. The van der Waals surface area contributed by atoms with Crippen LogP contribution < -0.4 is 14.8 Å². The van der Waals surface area contributed by atoms with Crippen molar-refractivity contribution in [2.75, 3.05) is 40.0 Å². The number of morpholine rings is 1. The Balaban J connectivity index is 1.65. The number of hydrogen-bond acceptors (Lipinski definition) is 6. The third-order valence-corrected chi connectivity index (χ3v) is 6.74. The zero-order valence-corrected chi connectivity index (χ0v) is 23.2. The lowest BCUT2D eigenvalue weighted by Crippen LogP contribution is -2.43. The third kappa shape index (κ3) is 8.18. The van der Waals surface area contributed by atoms with E-state index in [1.807, 2.05) is 60.7 Å². The number of hydrogen-bond donors (Lipinski definition) is 1. The van der Waals surface area contributed by atoms with E-state index in [0.717, 1.165) is 24.2 Å². The van der Waals surface area contributed by atoms with Crippen LogP contribution in [0.25, 0.3) is 0 Å². The van der Waals surface area contributed by atoms with Gasteiger partial charge in [0, 0.05) is 37.5 Å². The van der Waals surface area contributed by atoms with Crippen LogP contribution in [-0.2, 0) is 29.2 Å². The maximum absolute atomic E-state index is 13.5. The highest BCUT2D eigenvalue weighted by atomic mass is 16.5. The minimum atomic E-state index is -0.286. The molecule has 0 bridgehead atoms. The van der Waals surface area contributed by atoms with E-state index in [4.69, 9.17) is 14.2 Å². The molecule has 3 aromatic carbocycles. The summed E-state index contributed by atoms with van der Waals surface area (Å²) in [7, 11) is 1.68. The second kappa shape index (κ2) is 14.3. The summed E-state index contributed by atoms with van der Waals surface area (Å²) in [5.74, 6) is 0.428. The highest BCUT2D eigenvalue weighted by Crippen LogP contribution is 2.32. The Bertz CT molecular complexity index is 1290. The quantitative estimate of drug-likeness (QED) is 0.365. The molecule has 0 aromatic heterocycles. The van der Waals surface area contributed by atoms with Gasteiger partial charge in [-0.05, 0) is 24.1 Å². The molecule has 40 heavy (non-hydrogen) atoms. The van der Waals surface area contributed by atoms with Gasteiger partial charge in [-0.25, -0.2) is 0 Å². The van der Waals surface area contributed by atoms with E-state index in [1.165, 1.54) is 4.90 Å². The standard InChI is InChI=1S/C32H37N3O5/c1-24(2)34(3)31(36)19-27-18-28(32(37)33-23-35-14-16-38-17-15-35)30(40-22-26-12-8-5-9-13-26)20-29(27)39-21-25-10-6-4-7-11-25/h4-13,18,20H,1,14-17,19,21-23H2,2-3H3,(H,33,37). The molecule has 1 heterocycles. The van der Waals surface area contributed by atoms with Crippen molar-refractivity contribution in [3.05, 3.63) is 107 Å². The zero-order valence-electron chi connectivity index (χ0n) is 23.2. The highest BCUT2D eigenvalue weighted by Gasteiger charge is 2.22. The van der Waals surface area contributed by atoms with Gasteiger partial charge in [0.1, 0.15) is 24.7 Å². The topological polar surface area (TPSA) is 80.3 Å². The van der Waals surface area contributed by atoms with Crippen LogP contribution in [-0.4, -0.2) is 61.6 Å². The van der Waals surface area contributed by atoms with E-state index in [9.17, 15) is 9.59 Å². The Hall–Kier alpha value is -4.14. The molecular formula is C32H37N3O5. The first-order valence-corrected chi connectivity index (χ1v) is 13.4. The van der Waals surface area contributed by atoms with Crippen molar-refractivity contribution < 1.29 is 23.8 Å². The van der Waals surface area contributed by atoms with Crippen molar-refractivity contribution in [3.8, 4) is 11.5 Å². The smallest absolute Gasteiger partial charge is 0.256 e. The van der Waals surface area contributed by atoms with Gasteiger partial charge in [-0.3, -0.25) is 14.5 Å². The van der Waals surface area contributed by atoms with Crippen LogP contribution in [0.5, 0.6) is 11.5 Å². The first-order chi connectivity index (χ1) is 19.4. The molecule has 0 spiro atoms. The Labute approximate surface area is 236 Å². The van der Waals surface area contributed by atoms with Crippen LogP contribution in [0.15, 0.2) is 85.1 Å². The van der Waals surface area contributed by atoms with Crippen LogP contribution in [0.1, 0.15) is 34.0 Å². The summed E-state index contributed by atoms with van der Waals surface area (Å²) in [5.41, 5.74) is 3.52. The first kappa shape index (κ1) is 28.9. The SMILES string of the molecule is C=C(C)N(C)C(=O)Cc1cc(C(=O)NCN2CCOCC2)c(OCc2ccccc2)cc1OCc1ccccc1. The fourth-order valence-electron chi connectivity index (χ4n) is 4.18. The Kier molecular flexibility index (Phi) is 10.3. The van der Waals surface area contributed by atoms with E-state index in [2.05, 4.69) is 16.8 Å². The molecule has 0 radical (unpaired) electrons. The van der Waals surface area contributed by atoms with Crippen molar-refractivity contribution in [3.63, 3.8) is 0 Å². The number of carbonyl (C=O) groups excluding carboxylic acids is 2. The number of allylic oxidation sites excluding steroid dienone is 1. The summed E-state index contributed by atoms with van der Waals surface area (Å²) < 4.78 is 17.8. The highest BCUT2D eigenvalue weighted by molar-refractivity contribution is 5.98. The molecule has 0 saturated carbocycles. The summed E-state index contributed by atoms with van der Waals surface area (Å²) in [5, 5.41) is 3.01. The minimum absolute atomic E-state index is 0.0379. The van der Waals surface area contributed by atoms with Crippen LogP contribution in [0, 0.1) is 0 Å². The molecule has 1 aliphatic rings. The largest absolute Gasteiger partial charge is 0.488 e. The maximum atomic E-state index is 13.5. The van der Waals surface area contributed by atoms with Gasteiger partial charge in [0.05, 0.1) is 31.9 Å². The predicted octanol–water partition coefficient (Wildman–Crippen LogP) is 4.40. The number of rotatable bonds is 12. The van der Waals surface area contributed by atoms with Crippen LogP contribution in [0.2, 0.25) is 0 Å². The molecule has 1 aliphatic heterocycles. The molecule has 4 rings (SSSR count). The lowest BCUT2D eigenvalue weighted by Gasteiger charge is -2.27. The number of benzene rings is 3. The molecule has 1 N–H and O–H groups in total. The van der Waals surface area contributed by atoms with Crippen molar-refractivity contribution >= 4 is 11.8 Å². The molecule has 3 aromatic rings. The van der Waals surface area contributed by atoms with Gasteiger partial charge in [-0.15, -0.1) is 0 Å². The molecule has 0 unspecified atom stereocenters. The molecule has 8 heteroatoms. The van der Waals surface area contributed by atoms with E-state index < -0.39 is 0 Å². The van der Waals surface area contributed by atoms with Gasteiger partial charge in [0.2, 0.25) is 5.91 Å². The molecule has 2 amide bonds. The van der Waals surface area contributed by atoms with Crippen molar-refractivity contribution in [1.29, 1.82) is 0 Å². The fraction of sp³-hybridized carbons (Fsp3) is 0.312. The Morgan fingerprint density at radius 1 is 0.925 bits per heavy atom. The molecule has 210 valence electrons. The van der Waals surface area contributed by atoms with E-state index in [-0.39, 0.29) is 24.8 Å². The second-order valence-electron chi connectivity index (χ2n) is 9.76. The number of nitrogens with zero attached hydrogens (tertiary/aromatic N) is 2. The summed E-state index contributed by atoms with van der Waals surface area (Å²) >= 11 is 0. The van der Waals surface area contributed by atoms with Crippen molar-refractivity contribution in [2.24, 2.45) is 0 Å². The molecule has 0 aliphatic carbocycles. The normalized spacial score (nSPS) is 13.3. The monoisotopic (exact) mass is 543 g/mol. The Morgan fingerprint density at radius 3 is 2.08 bits per heavy atom. The molecule has 1 fully saturated rings. The lowest BCUT2D eigenvalue weighted by atomic mass is 10.0. The van der Waals surface area contributed by atoms with E-state index in [0.29, 0.717) is 54.8 Å². The molecule has 0 atom stereocenters. The van der Waals surface area contributed by atoms with Gasteiger partial charge < -0.3 is 24.4 Å². The number of nitrogens with one attached hydrogen (secondary N) is 1. The number of amides is 2. The first-order valence-electron chi connectivity index (χ1n) is 13.4. The van der Waals surface area contributed by atoms with Crippen LogP contribution in [0.3, 0.4) is 0 Å². The van der Waals surface area contributed by atoms with E-state index >= 15 is 0 Å². The summed E-state index contributed by atoms with van der Waals surface area (Å²) in [6, 6.07) is 23.0. The molecule has 1 saturated heterocycles. The van der Waals surface area contributed by atoms with Gasteiger partial charge in [0.15, 0.2) is 0 Å². The van der Waals surface area contributed by atoms with Crippen LogP contribution >= 0.6 is 0 Å². The predicted molar refractivity (Wildman–Crippen MR) is 154 cm³/mol. The van der Waals surface area contributed by atoms with Gasteiger partial charge >= 0.3 is 0 Å².